The van der Waals surface area contributed by atoms with Crippen molar-refractivity contribution in [2.75, 3.05) is 5.73 Å². The summed E-state index contributed by atoms with van der Waals surface area (Å²) >= 11 is 0. The summed E-state index contributed by atoms with van der Waals surface area (Å²) in [6.07, 6.45) is 1.41. The van der Waals surface area contributed by atoms with E-state index in [2.05, 4.69) is 10.5 Å². The number of carbonyl (C=O) groups excluding carboxylic acids is 1. The van der Waals surface area contributed by atoms with Crippen molar-refractivity contribution in [3.05, 3.63) is 46.8 Å². The summed E-state index contributed by atoms with van der Waals surface area (Å²) in [5, 5.41) is 6.39. The predicted octanol–water partition coefficient (Wildman–Crippen LogP) is 1.80. The highest BCUT2D eigenvalue weighted by Gasteiger charge is 2.12. The van der Waals surface area contributed by atoms with Crippen LogP contribution in [0.2, 0.25) is 0 Å². The first-order valence-electron chi connectivity index (χ1n) is 5.63. The van der Waals surface area contributed by atoms with E-state index in [0.717, 1.165) is 16.8 Å². The normalized spacial score (nSPS) is 10.3. The van der Waals surface area contributed by atoms with Crippen LogP contribution in [0.3, 0.4) is 0 Å². The second-order valence-corrected chi connectivity index (χ2v) is 4.11. The average Bonchev–Trinajstić information content (AvgIpc) is 2.77. The number of benzene rings is 1. The molecule has 1 heterocycles. The average molecular weight is 245 g/mol. The van der Waals surface area contributed by atoms with Crippen LogP contribution in [0.4, 0.5) is 5.69 Å². The van der Waals surface area contributed by atoms with Gasteiger partial charge >= 0.3 is 0 Å². The first kappa shape index (κ1) is 12.2. The van der Waals surface area contributed by atoms with Crippen molar-refractivity contribution >= 4 is 11.6 Å². The molecule has 5 heteroatoms. The summed E-state index contributed by atoms with van der Waals surface area (Å²) in [5.41, 5.74) is 8.97. The first-order chi connectivity index (χ1) is 8.59. The third-order valence-electron chi connectivity index (χ3n) is 2.92. The molecule has 0 spiro atoms. The van der Waals surface area contributed by atoms with Crippen molar-refractivity contribution in [3.63, 3.8) is 0 Å². The Labute approximate surface area is 105 Å². The lowest BCUT2D eigenvalue weighted by Gasteiger charge is -2.09. The Bertz CT molecular complexity index is 575. The van der Waals surface area contributed by atoms with Crippen molar-refractivity contribution < 1.29 is 9.32 Å². The number of hydrogen-bond donors (Lipinski definition) is 2. The van der Waals surface area contributed by atoms with Gasteiger partial charge in [-0.25, -0.2) is 0 Å². The topological polar surface area (TPSA) is 81.2 Å². The minimum atomic E-state index is -0.199. The summed E-state index contributed by atoms with van der Waals surface area (Å²) < 4.78 is 4.85. The Morgan fingerprint density at radius 2 is 2.22 bits per heavy atom. The molecule has 0 bridgehead atoms. The maximum Gasteiger partial charge on any atom is 0.256 e. The second-order valence-electron chi connectivity index (χ2n) is 4.11. The highest BCUT2D eigenvalue weighted by atomic mass is 16.5. The number of rotatable bonds is 3. The zero-order chi connectivity index (χ0) is 13.1. The summed E-state index contributed by atoms with van der Waals surface area (Å²) in [6.45, 7) is 4.06. The van der Waals surface area contributed by atoms with Gasteiger partial charge in [-0.05, 0) is 31.0 Å². The Kier molecular flexibility index (Phi) is 3.32. The van der Waals surface area contributed by atoms with Crippen LogP contribution in [0.15, 0.2) is 28.9 Å². The smallest absolute Gasteiger partial charge is 0.256 e. The van der Waals surface area contributed by atoms with Gasteiger partial charge in [-0.15, -0.1) is 0 Å². The van der Waals surface area contributed by atoms with E-state index < -0.39 is 0 Å². The molecule has 0 saturated heterocycles. The molecule has 3 N–H and O–H groups in total. The maximum atomic E-state index is 11.9. The number of aromatic nitrogens is 1. The van der Waals surface area contributed by atoms with E-state index in [1.165, 1.54) is 6.20 Å². The molecule has 1 amide bonds. The van der Waals surface area contributed by atoms with E-state index in [9.17, 15) is 4.79 Å². The number of aryl methyl sites for hydroxylation is 1. The third-order valence-corrected chi connectivity index (χ3v) is 2.92. The van der Waals surface area contributed by atoms with Crippen molar-refractivity contribution in [2.45, 2.75) is 20.4 Å². The fourth-order valence-electron chi connectivity index (χ4n) is 1.68. The molecule has 0 unspecified atom stereocenters. The van der Waals surface area contributed by atoms with Gasteiger partial charge in [-0.2, -0.15) is 0 Å². The lowest BCUT2D eigenvalue weighted by atomic mass is 10.1. The summed E-state index contributed by atoms with van der Waals surface area (Å²) in [5.74, 6) is 0.312. The molecule has 0 aliphatic rings. The largest absolute Gasteiger partial charge is 0.399 e. The number of nitrogens with zero attached hydrogens (tertiary/aromatic N) is 1. The van der Waals surface area contributed by atoms with E-state index >= 15 is 0 Å². The number of amides is 1. The van der Waals surface area contributed by atoms with Crippen LogP contribution in [-0.4, -0.2) is 11.1 Å². The van der Waals surface area contributed by atoms with Crippen LogP contribution in [0, 0.1) is 13.8 Å². The van der Waals surface area contributed by atoms with Crippen molar-refractivity contribution in [3.8, 4) is 0 Å². The van der Waals surface area contributed by atoms with E-state index in [0.29, 0.717) is 17.9 Å². The van der Waals surface area contributed by atoms with Crippen LogP contribution in [0.5, 0.6) is 0 Å². The number of nitrogens with two attached hydrogens (primary N) is 1. The first-order valence-corrected chi connectivity index (χ1v) is 5.63. The van der Waals surface area contributed by atoms with Crippen molar-refractivity contribution in [1.82, 2.24) is 10.5 Å². The molecular formula is C13H15N3O2. The number of hydrogen-bond acceptors (Lipinski definition) is 4. The Morgan fingerprint density at radius 1 is 1.44 bits per heavy atom. The molecule has 0 fully saturated rings. The van der Waals surface area contributed by atoms with Crippen LogP contribution < -0.4 is 11.1 Å². The molecular weight excluding hydrogens is 230 g/mol. The standard InChI is InChI=1S/C13H15N3O2/c1-8-10(4-3-5-12(8)14)6-15-13(17)11-7-16-18-9(11)2/h3-5,7H,6,14H2,1-2H3,(H,15,17). The Hall–Kier alpha value is -2.30. The van der Waals surface area contributed by atoms with Crippen molar-refractivity contribution in [2.24, 2.45) is 0 Å². The summed E-state index contributed by atoms with van der Waals surface area (Å²) in [7, 11) is 0. The number of carbonyl (C=O) groups is 1. The zero-order valence-electron chi connectivity index (χ0n) is 10.4. The lowest BCUT2D eigenvalue weighted by Crippen LogP contribution is -2.23. The van der Waals surface area contributed by atoms with E-state index in [4.69, 9.17) is 10.3 Å². The van der Waals surface area contributed by atoms with Gasteiger partial charge in [-0.1, -0.05) is 17.3 Å². The summed E-state index contributed by atoms with van der Waals surface area (Å²) in [4.78, 5) is 11.9. The maximum absolute atomic E-state index is 11.9. The highest BCUT2D eigenvalue weighted by Crippen LogP contribution is 2.15. The van der Waals surface area contributed by atoms with Gasteiger partial charge in [0.25, 0.3) is 5.91 Å². The SMILES string of the molecule is Cc1oncc1C(=O)NCc1cccc(N)c1C. The molecule has 0 aliphatic carbocycles. The Morgan fingerprint density at radius 3 is 2.89 bits per heavy atom. The third kappa shape index (κ3) is 2.34. The molecule has 0 aliphatic heterocycles. The van der Waals surface area contributed by atoms with Gasteiger partial charge in [0.2, 0.25) is 0 Å². The molecule has 18 heavy (non-hydrogen) atoms. The molecule has 2 aromatic rings. The summed E-state index contributed by atoms with van der Waals surface area (Å²) in [6, 6.07) is 5.64. The lowest BCUT2D eigenvalue weighted by molar-refractivity contribution is 0.0949. The quantitative estimate of drug-likeness (QED) is 0.808. The van der Waals surface area contributed by atoms with Gasteiger partial charge in [0.1, 0.15) is 11.3 Å². The molecule has 94 valence electrons. The van der Waals surface area contributed by atoms with Crippen molar-refractivity contribution in [1.29, 1.82) is 0 Å². The van der Waals surface area contributed by atoms with Gasteiger partial charge in [-0.3, -0.25) is 4.79 Å². The molecule has 0 atom stereocenters. The molecule has 1 aromatic heterocycles. The fraction of sp³-hybridized carbons (Fsp3) is 0.231. The van der Waals surface area contributed by atoms with E-state index in [1.54, 1.807) is 6.92 Å². The van der Waals surface area contributed by atoms with Gasteiger partial charge in [0.15, 0.2) is 0 Å². The number of anilines is 1. The Balaban J connectivity index is 2.06. The predicted molar refractivity (Wildman–Crippen MR) is 68.0 cm³/mol. The molecule has 0 radical (unpaired) electrons. The van der Waals surface area contributed by atoms with E-state index in [1.807, 2.05) is 25.1 Å². The van der Waals surface area contributed by atoms with Gasteiger partial charge in [0.05, 0.1) is 6.20 Å². The van der Waals surface area contributed by atoms with Crippen LogP contribution >= 0.6 is 0 Å². The second kappa shape index (κ2) is 4.91. The van der Waals surface area contributed by atoms with Crippen LogP contribution in [-0.2, 0) is 6.54 Å². The highest BCUT2D eigenvalue weighted by molar-refractivity contribution is 5.94. The number of nitrogens with one attached hydrogen (secondary N) is 1. The molecule has 0 saturated carbocycles. The number of nitrogen functional groups attached to an aromatic ring is 1. The fourth-order valence-corrected chi connectivity index (χ4v) is 1.68. The van der Waals surface area contributed by atoms with Crippen LogP contribution in [0.25, 0.3) is 0 Å². The molecule has 1 aromatic carbocycles. The monoisotopic (exact) mass is 245 g/mol. The molecule has 2 rings (SSSR count). The van der Waals surface area contributed by atoms with Gasteiger partial charge < -0.3 is 15.6 Å². The van der Waals surface area contributed by atoms with Crippen LogP contribution in [0.1, 0.15) is 27.2 Å². The van der Waals surface area contributed by atoms with Gasteiger partial charge in [0, 0.05) is 12.2 Å². The van der Waals surface area contributed by atoms with E-state index in [-0.39, 0.29) is 5.91 Å². The minimum Gasteiger partial charge on any atom is -0.399 e. The zero-order valence-corrected chi connectivity index (χ0v) is 10.4. The minimum absolute atomic E-state index is 0.199. The molecule has 5 nitrogen and oxygen atoms in total.